The second kappa shape index (κ2) is 7.21. The topological polar surface area (TPSA) is 81.4 Å². The van der Waals surface area contributed by atoms with Crippen molar-refractivity contribution in [1.82, 2.24) is 5.32 Å². The predicted molar refractivity (Wildman–Crippen MR) is 79.7 cm³/mol. The van der Waals surface area contributed by atoms with Crippen LogP contribution in [0.3, 0.4) is 0 Å². The van der Waals surface area contributed by atoms with Gasteiger partial charge in [-0.3, -0.25) is 9.59 Å². The van der Waals surface area contributed by atoms with Crippen LogP contribution in [0.15, 0.2) is 30.3 Å². The summed E-state index contributed by atoms with van der Waals surface area (Å²) in [6.07, 6.45) is -4.66. The first-order valence-corrected chi connectivity index (χ1v) is 7.59. The fraction of sp³-hybridized carbons (Fsp3) is 0.500. The number of nitrogens with two attached hydrogens (primary N) is 1. The molecular formula is C16H19F3N2O3. The third kappa shape index (κ3) is 4.25. The van der Waals surface area contributed by atoms with Crippen LogP contribution in [0.1, 0.15) is 37.4 Å². The van der Waals surface area contributed by atoms with E-state index in [0.29, 0.717) is 12.8 Å². The number of ether oxygens (including phenoxy) is 1. The lowest BCUT2D eigenvalue weighted by Gasteiger charge is -2.27. The smallest absolute Gasteiger partial charge is 0.368 e. The lowest BCUT2D eigenvalue weighted by molar-refractivity contribution is -0.223. The van der Waals surface area contributed by atoms with Gasteiger partial charge in [0.05, 0.1) is 0 Å². The summed E-state index contributed by atoms with van der Waals surface area (Å²) >= 11 is 0. The summed E-state index contributed by atoms with van der Waals surface area (Å²) in [5.74, 6) is -1.47. The Morgan fingerprint density at radius 3 is 2.29 bits per heavy atom. The van der Waals surface area contributed by atoms with Crippen molar-refractivity contribution in [2.75, 3.05) is 6.61 Å². The molecule has 2 rings (SSSR count). The number of amides is 2. The van der Waals surface area contributed by atoms with Gasteiger partial charge in [-0.2, -0.15) is 13.2 Å². The van der Waals surface area contributed by atoms with E-state index < -0.39 is 36.2 Å². The van der Waals surface area contributed by atoms with Crippen LogP contribution in [0.2, 0.25) is 0 Å². The van der Waals surface area contributed by atoms with Crippen LogP contribution >= 0.6 is 0 Å². The summed E-state index contributed by atoms with van der Waals surface area (Å²) in [6.45, 7) is -0.811. The quantitative estimate of drug-likeness (QED) is 0.830. The number of nitrogens with one attached hydrogen (secondary N) is 1. The van der Waals surface area contributed by atoms with Gasteiger partial charge in [0.1, 0.15) is 12.1 Å². The molecular weight excluding hydrogens is 325 g/mol. The molecule has 1 aromatic rings. The minimum absolute atomic E-state index is 0.0942. The Balaban J connectivity index is 2.01. The third-order valence-corrected chi connectivity index (χ3v) is 4.09. The maximum Gasteiger partial charge on any atom is 0.418 e. The summed E-state index contributed by atoms with van der Waals surface area (Å²) < 4.78 is 44.2. The van der Waals surface area contributed by atoms with E-state index in [1.807, 2.05) is 0 Å². The Bertz CT molecular complexity index is 584. The molecule has 132 valence electrons. The maximum atomic E-state index is 13.1. The number of hydrogen-bond donors (Lipinski definition) is 2. The number of carbonyl (C=O) groups excluding carboxylic acids is 2. The molecule has 1 aliphatic rings. The Morgan fingerprint density at radius 2 is 1.79 bits per heavy atom. The number of rotatable bonds is 6. The molecule has 2 amide bonds. The molecule has 0 radical (unpaired) electrons. The Hall–Kier alpha value is -2.09. The summed E-state index contributed by atoms with van der Waals surface area (Å²) in [6, 6.07) is 7.05. The molecule has 8 heteroatoms. The molecule has 0 bridgehead atoms. The minimum Gasteiger partial charge on any atom is -0.368 e. The predicted octanol–water partition coefficient (Wildman–Crippen LogP) is 2.22. The fourth-order valence-electron chi connectivity index (χ4n) is 2.88. The zero-order valence-corrected chi connectivity index (χ0v) is 12.9. The molecule has 1 atom stereocenters. The van der Waals surface area contributed by atoms with Gasteiger partial charge < -0.3 is 15.8 Å². The van der Waals surface area contributed by atoms with Crippen molar-refractivity contribution in [1.29, 1.82) is 0 Å². The highest BCUT2D eigenvalue weighted by Crippen LogP contribution is 2.35. The van der Waals surface area contributed by atoms with Gasteiger partial charge in [-0.15, -0.1) is 0 Å². The molecule has 0 saturated heterocycles. The fourth-order valence-corrected chi connectivity index (χ4v) is 2.88. The van der Waals surface area contributed by atoms with Crippen molar-refractivity contribution in [2.45, 2.75) is 43.5 Å². The van der Waals surface area contributed by atoms with Crippen molar-refractivity contribution in [3.8, 4) is 0 Å². The molecule has 1 fully saturated rings. The molecule has 0 aliphatic heterocycles. The van der Waals surface area contributed by atoms with Crippen LogP contribution in [-0.4, -0.2) is 30.1 Å². The normalized spacial score (nSPS) is 18.1. The van der Waals surface area contributed by atoms with E-state index in [1.54, 1.807) is 6.07 Å². The van der Waals surface area contributed by atoms with E-state index in [1.165, 1.54) is 24.3 Å². The van der Waals surface area contributed by atoms with Gasteiger partial charge in [-0.1, -0.05) is 43.2 Å². The van der Waals surface area contributed by atoms with Crippen molar-refractivity contribution < 1.29 is 27.5 Å². The van der Waals surface area contributed by atoms with E-state index in [9.17, 15) is 22.8 Å². The molecule has 1 aromatic carbocycles. The average molecular weight is 344 g/mol. The van der Waals surface area contributed by atoms with Gasteiger partial charge in [-0.05, 0) is 18.4 Å². The zero-order chi connectivity index (χ0) is 17.8. The highest BCUT2D eigenvalue weighted by atomic mass is 19.4. The van der Waals surface area contributed by atoms with Crippen LogP contribution in [-0.2, 0) is 14.3 Å². The first kappa shape index (κ1) is 18.3. The van der Waals surface area contributed by atoms with Gasteiger partial charge in [0, 0.05) is 0 Å². The third-order valence-electron chi connectivity index (χ3n) is 4.09. The largest absolute Gasteiger partial charge is 0.418 e. The standard InChI is InChI=1S/C16H19F3N2O3/c17-16(18,19)13(11-6-2-1-3-7-11)24-10-12(22)21-15(14(20)23)8-4-5-9-15/h1-3,6-7,13H,4-5,8-10H2,(H2,20,23)(H,21,22)/t13-/m1/s1. The second-order valence-electron chi connectivity index (χ2n) is 5.84. The molecule has 3 N–H and O–H groups in total. The summed E-state index contributed by atoms with van der Waals surface area (Å²) in [4.78, 5) is 23.5. The summed E-state index contributed by atoms with van der Waals surface area (Å²) in [7, 11) is 0. The number of hydrogen-bond acceptors (Lipinski definition) is 3. The van der Waals surface area contributed by atoms with Crippen molar-refractivity contribution in [3.05, 3.63) is 35.9 Å². The van der Waals surface area contributed by atoms with Gasteiger partial charge in [-0.25, -0.2) is 0 Å². The minimum atomic E-state index is -4.66. The van der Waals surface area contributed by atoms with Crippen molar-refractivity contribution >= 4 is 11.8 Å². The van der Waals surface area contributed by atoms with E-state index in [2.05, 4.69) is 5.32 Å². The first-order valence-electron chi connectivity index (χ1n) is 7.59. The van der Waals surface area contributed by atoms with Crippen molar-refractivity contribution in [2.24, 2.45) is 5.73 Å². The van der Waals surface area contributed by atoms with Crippen LogP contribution in [0.4, 0.5) is 13.2 Å². The van der Waals surface area contributed by atoms with Gasteiger partial charge in [0.15, 0.2) is 6.10 Å². The Morgan fingerprint density at radius 1 is 1.21 bits per heavy atom. The highest BCUT2D eigenvalue weighted by molar-refractivity contribution is 5.91. The number of alkyl halides is 3. The lowest BCUT2D eigenvalue weighted by Crippen LogP contribution is -2.56. The van der Waals surface area contributed by atoms with E-state index >= 15 is 0 Å². The van der Waals surface area contributed by atoms with Crippen molar-refractivity contribution in [3.63, 3.8) is 0 Å². The second-order valence-corrected chi connectivity index (χ2v) is 5.84. The Labute approximate surface area is 137 Å². The maximum absolute atomic E-state index is 13.1. The summed E-state index contributed by atoms with van der Waals surface area (Å²) in [5, 5.41) is 2.44. The van der Waals surface area contributed by atoms with Crippen LogP contribution in [0, 0.1) is 0 Å². The van der Waals surface area contributed by atoms with Gasteiger partial charge >= 0.3 is 6.18 Å². The number of carbonyl (C=O) groups is 2. The molecule has 0 heterocycles. The molecule has 0 aromatic heterocycles. The monoisotopic (exact) mass is 344 g/mol. The molecule has 1 saturated carbocycles. The zero-order valence-electron chi connectivity index (χ0n) is 12.9. The number of benzene rings is 1. The molecule has 0 spiro atoms. The van der Waals surface area contributed by atoms with E-state index in [4.69, 9.17) is 10.5 Å². The van der Waals surface area contributed by atoms with Gasteiger partial charge in [0.2, 0.25) is 11.8 Å². The molecule has 5 nitrogen and oxygen atoms in total. The number of primary amides is 1. The number of halogens is 3. The lowest BCUT2D eigenvalue weighted by atomic mass is 9.97. The van der Waals surface area contributed by atoms with Crippen LogP contribution < -0.4 is 11.1 Å². The molecule has 1 aliphatic carbocycles. The Kier molecular flexibility index (Phi) is 5.48. The van der Waals surface area contributed by atoms with Crippen LogP contribution in [0.5, 0.6) is 0 Å². The SMILES string of the molecule is NC(=O)C1(NC(=O)CO[C@H](c2ccccc2)C(F)(F)F)CCCC1. The average Bonchev–Trinajstić information content (AvgIpc) is 2.97. The summed E-state index contributed by atoms with van der Waals surface area (Å²) in [5.41, 5.74) is 4.05. The molecule has 0 unspecified atom stereocenters. The first-order chi connectivity index (χ1) is 11.2. The van der Waals surface area contributed by atoms with E-state index in [0.717, 1.165) is 12.8 Å². The molecule has 24 heavy (non-hydrogen) atoms. The van der Waals surface area contributed by atoms with Gasteiger partial charge in [0.25, 0.3) is 0 Å². The highest BCUT2D eigenvalue weighted by Gasteiger charge is 2.44. The van der Waals surface area contributed by atoms with Crippen LogP contribution in [0.25, 0.3) is 0 Å². The van der Waals surface area contributed by atoms with E-state index in [-0.39, 0.29) is 5.56 Å².